The summed E-state index contributed by atoms with van der Waals surface area (Å²) in [5, 5.41) is 3.69. The number of carbonyl (C=O) groups excluding carboxylic acids is 1. The van der Waals surface area contributed by atoms with Crippen molar-refractivity contribution in [3.8, 4) is 0 Å². The molecule has 1 aromatic heterocycles. The van der Waals surface area contributed by atoms with Crippen molar-refractivity contribution >= 4 is 15.9 Å². The molecule has 0 saturated carbocycles. The first-order valence-corrected chi connectivity index (χ1v) is 11.0. The van der Waals surface area contributed by atoms with E-state index in [4.69, 9.17) is 4.74 Å². The number of aryl methyl sites for hydroxylation is 1. The lowest BCUT2D eigenvalue weighted by molar-refractivity contribution is 0.0497. The summed E-state index contributed by atoms with van der Waals surface area (Å²) in [6.07, 6.45) is 2.01. The van der Waals surface area contributed by atoms with Crippen LogP contribution in [0.3, 0.4) is 0 Å². The summed E-state index contributed by atoms with van der Waals surface area (Å²) in [5.74, 6) is -0.490. The number of piperidine rings is 1. The van der Waals surface area contributed by atoms with Gasteiger partial charge >= 0.3 is 0 Å². The van der Waals surface area contributed by atoms with Crippen molar-refractivity contribution < 1.29 is 26.7 Å². The number of methoxy groups -OCH3 is 1. The zero-order chi connectivity index (χ0) is 20.7. The van der Waals surface area contributed by atoms with Crippen LogP contribution in [0.25, 0.3) is 0 Å². The second-order valence-electron chi connectivity index (χ2n) is 7.63. The smallest absolute Gasteiger partial charge is 0.282 e. The molecular weight excluding hydrogens is 394 g/mol. The van der Waals surface area contributed by atoms with Crippen LogP contribution in [0.1, 0.15) is 48.2 Å². The molecule has 2 fully saturated rings. The molecule has 0 unspecified atom stereocenters. The Balaban J connectivity index is 1.78. The second kappa shape index (κ2) is 7.68. The number of alkyl halides is 2. The standard InChI is InChI=1S/C17H26F2N4O4S/c1-21-10-13(14(20-21)15(18)19)16(24)22-8-6-17(7-9-22)5-4-12(11-27-2)23(17)28(3,25)26/h10,12,15H,4-9,11H2,1-3H3/t12-/m0/s1. The van der Waals surface area contributed by atoms with E-state index in [2.05, 4.69) is 5.10 Å². The number of likely N-dealkylation sites (tertiary alicyclic amines) is 1. The van der Waals surface area contributed by atoms with E-state index < -0.39 is 33.6 Å². The Kier molecular flexibility index (Phi) is 5.79. The molecule has 1 amide bonds. The van der Waals surface area contributed by atoms with Gasteiger partial charge in [0.25, 0.3) is 12.3 Å². The monoisotopic (exact) mass is 420 g/mol. The fraction of sp³-hybridized carbons (Fsp3) is 0.765. The predicted molar refractivity (Wildman–Crippen MR) is 97.6 cm³/mol. The molecule has 1 aromatic rings. The van der Waals surface area contributed by atoms with E-state index >= 15 is 0 Å². The quantitative estimate of drug-likeness (QED) is 0.719. The molecule has 0 aliphatic carbocycles. The van der Waals surface area contributed by atoms with Crippen molar-refractivity contribution in [1.29, 1.82) is 0 Å². The summed E-state index contributed by atoms with van der Waals surface area (Å²) >= 11 is 0. The minimum Gasteiger partial charge on any atom is -0.383 e. The summed E-state index contributed by atoms with van der Waals surface area (Å²) in [6.45, 7) is 0.940. The number of rotatable bonds is 5. The summed E-state index contributed by atoms with van der Waals surface area (Å²) in [7, 11) is -0.414. The Labute approximate surface area is 163 Å². The third kappa shape index (κ3) is 3.79. The second-order valence-corrected chi connectivity index (χ2v) is 9.49. The summed E-state index contributed by atoms with van der Waals surface area (Å²) in [6, 6.07) is -0.217. The number of hydrogen-bond acceptors (Lipinski definition) is 5. The van der Waals surface area contributed by atoms with Gasteiger partial charge in [-0.05, 0) is 25.7 Å². The molecule has 0 aromatic carbocycles. The molecule has 1 spiro atoms. The third-order valence-electron chi connectivity index (χ3n) is 5.73. The van der Waals surface area contributed by atoms with Gasteiger partial charge in [-0.3, -0.25) is 9.48 Å². The van der Waals surface area contributed by atoms with Gasteiger partial charge in [0, 0.05) is 45.0 Å². The fourth-order valence-electron chi connectivity index (χ4n) is 4.61. The molecular formula is C17H26F2N4O4S. The number of carbonyl (C=O) groups is 1. The molecule has 28 heavy (non-hydrogen) atoms. The maximum Gasteiger partial charge on any atom is 0.282 e. The maximum absolute atomic E-state index is 13.2. The summed E-state index contributed by atoms with van der Waals surface area (Å²) in [4.78, 5) is 14.3. The molecule has 2 saturated heterocycles. The highest BCUT2D eigenvalue weighted by Gasteiger charge is 2.52. The van der Waals surface area contributed by atoms with E-state index in [-0.39, 0.29) is 11.6 Å². The minimum atomic E-state index is -3.45. The van der Waals surface area contributed by atoms with Crippen LogP contribution in [0.2, 0.25) is 0 Å². The number of amides is 1. The van der Waals surface area contributed by atoms with Crippen LogP contribution in [-0.4, -0.2) is 78.0 Å². The van der Waals surface area contributed by atoms with Crippen LogP contribution in [0, 0.1) is 0 Å². The molecule has 1 atom stereocenters. The van der Waals surface area contributed by atoms with E-state index in [1.54, 1.807) is 11.4 Å². The van der Waals surface area contributed by atoms with E-state index in [1.165, 1.54) is 29.1 Å². The predicted octanol–water partition coefficient (Wildman–Crippen LogP) is 1.40. The molecule has 0 N–H and O–H groups in total. The number of ether oxygens (including phenoxy) is 1. The van der Waals surface area contributed by atoms with Gasteiger partial charge in [0.15, 0.2) is 0 Å². The van der Waals surface area contributed by atoms with Crippen LogP contribution in [-0.2, 0) is 21.8 Å². The number of nitrogens with zero attached hydrogens (tertiary/aromatic N) is 4. The van der Waals surface area contributed by atoms with E-state index in [1.807, 2.05) is 0 Å². The molecule has 3 heterocycles. The highest BCUT2D eigenvalue weighted by atomic mass is 32.2. The van der Waals surface area contributed by atoms with Crippen LogP contribution in [0.5, 0.6) is 0 Å². The third-order valence-corrected chi connectivity index (χ3v) is 7.13. The Morgan fingerprint density at radius 3 is 2.54 bits per heavy atom. The number of aromatic nitrogens is 2. The van der Waals surface area contributed by atoms with Gasteiger partial charge in [0.05, 0.1) is 18.4 Å². The highest BCUT2D eigenvalue weighted by molar-refractivity contribution is 7.88. The Morgan fingerprint density at radius 1 is 1.36 bits per heavy atom. The number of sulfonamides is 1. The van der Waals surface area contributed by atoms with Gasteiger partial charge in [-0.25, -0.2) is 17.2 Å². The first-order valence-electron chi connectivity index (χ1n) is 9.18. The average Bonchev–Trinajstić information content (AvgIpc) is 3.16. The topological polar surface area (TPSA) is 84.7 Å². The summed E-state index contributed by atoms with van der Waals surface area (Å²) < 4.78 is 59.2. The van der Waals surface area contributed by atoms with Crippen molar-refractivity contribution in [3.05, 3.63) is 17.5 Å². The molecule has 158 valence electrons. The number of halogens is 2. The van der Waals surface area contributed by atoms with Gasteiger partial charge in [-0.15, -0.1) is 0 Å². The van der Waals surface area contributed by atoms with Gasteiger partial charge in [0.2, 0.25) is 10.0 Å². The first-order chi connectivity index (χ1) is 13.1. The lowest BCUT2D eigenvalue weighted by atomic mass is 9.86. The Morgan fingerprint density at radius 2 is 2.00 bits per heavy atom. The molecule has 2 aliphatic heterocycles. The van der Waals surface area contributed by atoms with Crippen LogP contribution in [0.15, 0.2) is 6.20 Å². The molecule has 0 radical (unpaired) electrons. The lowest BCUT2D eigenvalue weighted by Gasteiger charge is -2.45. The SMILES string of the molecule is COC[C@@H]1CCC2(CCN(C(=O)c3cn(C)nc3C(F)F)CC2)N1S(C)(=O)=O. The molecule has 11 heteroatoms. The maximum atomic E-state index is 13.2. The number of hydrogen-bond donors (Lipinski definition) is 0. The van der Waals surface area contributed by atoms with Crippen molar-refractivity contribution in [3.63, 3.8) is 0 Å². The van der Waals surface area contributed by atoms with Crippen molar-refractivity contribution in [2.24, 2.45) is 7.05 Å². The largest absolute Gasteiger partial charge is 0.383 e. The van der Waals surface area contributed by atoms with Gasteiger partial charge in [-0.2, -0.15) is 9.40 Å². The van der Waals surface area contributed by atoms with Crippen LogP contribution in [0.4, 0.5) is 8.78 Å². The van der Waals surface area contributed by atoms with Crippen molar-refractivity contribution in [1.82, 2.24) is 19.0 Å². The zero-order valence-corrected chi connectivity index (χ0v) is 17.1. The minimum absolute atomic E-state index is 0.0999. The van der Waals surface area contributed by atoms with Crippen molar-refractivity contribution in [2.45, 2.75) is 43.7 Å². The summed E-state index contributed by atoms with van der Waals surface area (Å²) in [5.41, 5.74) is -1.17. The molecule has 2 aliphatic rings. The lowest BCUT2D eigenvalue weighted by Crippen LogP contribution is -2.57. The van der Waals surface area contributed by atoms with E-state index in [0.29, 0.717) is 45.4 Å². The van der Waals surface area contributed by atoms with Crippen LogP contribution >= 0.6 is 0 Å². The zero-order valence-electron chi connectivity index (χ0n) is 16.3. The van der Waals surface area contributed by atoms with Crippen LogP contribution < -0.4 is 0 Å². The fourth-order valence-corrected chi connectivity index (χ4v) is 6.30. The Hall–Kier alpha value is -1.59. The average molecular weight is 420 g/mol. The molecule has 0 bridgehead atoms. The van der Waals surface area contributed by atoms with E-state index in [0.717, 1.165) is 0 Å². The van der Waals surface area contributed by atoms with Gasteiger partial charge in [0.1, 0.15) is 5.69 Å². The van der Waals surface area contributed by atoms with Crippen molar-refractivity contribution in [2.75, 3.05) is 33.1 Å². The first kappa shape index (κ1) is 21.1. The highest BCUT2D eigenvalue weighted by Crippen LogP contribution is 2.43. The normalized spacial score (nSPS) is 23.1. The molecule has 3 rings (SSSR count). The molecule has 8 nitrogen and oxygen atoms in total. The van der Waals surface area contributed by atoms with Gasteiger partial charge < -0.3 is 9.64 Å². The van der Waals surface area contributed by atoms with Gasteiger partial charge in [-0.1, -0.05) is 0 Å². The van der Waals surface area contributed by atoms with E-state index in [9.17, 15) is 22.0 Å². The Bertz CT molecular complexity index is 834.